The number of hydrogen-bond acceptors (Lipinski definition) is 4. The summed E-state index contributed by atoms with van der Waals surface area (Å²) in [5.41, 5.74) is -1.40. The number of amides is 1. The van der Waals surface area contributed by atoms with Crippen LogP contribution in [0, 0.1) is 6.92 Å². The molecule has 0 aliphatic carbocycles. The fourth-order valence-electron chi connectivity index (χ4n) is 2.87. The predicted molar refractivity (Wildman–Crippen MR) is 98.3 cm³/mol. The van der Waals surface area contributed by atoms with Gasteiger partial charge in [0.1, 0.15) is 10.4 Å². The quantitative estimate of drug-likeness (QED) is 0.474. The van der Waals surface area contributed by atoms with Crippen molar-refractivity contribution in [3.63, 3.8) is 0 Å². The predicted octanol–water partition coefficient (Wildman–Crippen LogP) is 4.29. The van der Waals surface area contributed by atoms with Crippen LogP contribution in [0.5, 0.6) is 0 Å². The van der Waals surface area contributed by atoms with Crippen LogP contribution in [0.4, 0.5) is 18.9 Å². The molecule has 0 aliphatic heterocycles. The molecule has 6 nitrogen and oxygen atoms in total. The highest BCUT2D eigenvalue weighted by Gasteiger charge is 2.34. The molecule has 0 unspecified atom stereocenters. The monoisotopic (exact) mass is 394 g/mol. The molecule has 0 aliphatic rings. The van der Waals surface area contributed by atoms with Crippen LogP contribution in [0.25, 0.3) is 21.1 Å². The Morgan fingerprint density at radius 1 is 1.30 bits per heavy atom. The fourth-order valence-corrected chi connectivity index (χ4v) is 3.63. The van der Waals surface area contributed by atoms with Crippen molar-refractivity contribution in [2.45, 2.75) is 13.1 Å². The lowest BCUT2D eigenvalue weighted by molar-refractivity contribution is -0.136. The van der Waals surface area contributed by atoms with Crippen LogP contribution < -0.4 is 10.7 Å². The van der Waals surface area contributed by atoms with Crippen molar-refractivity contribution in [3.8, 4) is 0 Å². The van der Waals surface area contributed by atoms with Gasteiger partial charge in [-0.1, -0.05) is 0 Å². The summed E-state index contributed by atoms with van der Waals surface area (Å²) >= 11 is 1.07. The number of carbonyl (C=O) groups is 1. The number of carbonyl (C=O) groups excluding carboxylic acids is 1. The van der Waals surface area contributed by atoms with Gasteiger partial charge in [-0.25, -0.2) is 0 Å². The first kappa shape index (κ1) is 17.3. The van der Waals surface area contributed by atoms with Crippen LogP contribution in [0.1, 0.15) is 23.0 Å². The zero-order valence-corrected chi connectivity index (χ0v) is 14.5. The largest absolute Gasteiger partial charge is 0.418 e. The van der Waals surface area contributed by atoms with Crippen molar-refractivity contribution in [3.05, 3.63) is 57.6 Å². The number of nitrogens with zero attached hydrogens (tertiary/aromatic N) is 1. The van der Waals surface area contributed by atoms with Crippen LogP contribution >= 0.6 is 11.5 Å². The third-order valence-corrected chi connectivity index (χ3v) is 5.04. The molecule has 3 aromatic heterocycles. The third kappa shape index (κ3) is 2.87. The van der Waals surface area contributed by atoms with Crippen LogP contribution in [0.2, 0.25) is 0 Å². The second kappa shape index (κ2) is 5.95. The molecule has 0 spiro atoms. The lowest BCUT2D eigenvalue weighted by Gasteiger charge is -2.14. The van der Waals surface area contributed by atoms with Gasteiger partial charge in [-0.05, 0) is 36.7 Å². The molecule has 3 heterocycles. The Bertz CT molecular complexity index is 1260. The van der Waals surface area contributed by atoms with E-state index in [9.17, 15) is 22.8 Å². The van der Waals surface area contributed by atoms with Crippen molar-refractivity contribution >= 4 is 44.2 Å². The van der Waals surface area contributed by atoms with Gasteiger partial charge in [-0.15, -0.1) is 0 Å². The van der Waals surface area contributed by atoms with E-state index in [0.717, 1.165) is 17.6 Å². The first-order chi connectivity index (χ1) is 12.8. The molecule has 0 bridgehead atoms. The standard InChI is InChI=1S/C17H11F3N4O2S.H2/c1-7-13-14(25)9(6-22-16(13)27-24-7)15(26)23-12-5-11-8(2-3-21-11)4-10(12)17(18,19)20;/h2-6,21H,1H3,(H,22,25)(H,23,26);1H. The summed E-state index contributed by atoms with van der Waals surface area (Å²) in [7, 11) is 0. The topological polar surface area (TPSA) is 90.6 Å². The SMILES string of the molecule is Cc1nsc2[nH]cc(C(=O)Nc3cc4[nH]ccc4cc3C(F)(F)F)c(=O)c12.[HH]. The van der Waals surface area contributed by atoms with E-state index in [1.807, 2.05) is 0 Å². The van der Waals surface area contributed by atoms with Crippen molar-refractivity contribution in [1.82, 2.24) is 14.3 Å². The number of nitrogens with one attached hydrogen (secondary N) is 3. The van der Waals surface area contributed by atoms with E-state index in [2.05, 4.69) is 19.7 Å². The Morgan fingerprint density at radius 3 is 2.81 bits per heavy atom. The van der Waals surface area contributed by atoms with Crippen LogP contribution in [-0.4, -0.2) is 20.2 Å². The van der Waals surface area contributed by atoms with Crippen molar-refractivity contribution in [2.24, 2.45) is 0 Å². The van der Waals surface area contributed by atoms with Crippen LogP contribution in [-0.2, 0) is 6.18 Å². The minimum absolute atomic E-state index is 0. The number of pyridine rings is 1. The van der Waals surface area contributed by atoms with Gasteiger partial charge in [0.05, 0.1) is 22.3 Å². The van der Waals surface area contributed by atoms with Gasteiger partial charge in [0.15, 0.2) is 0 Å². The zero-order valence-electron chi connectivity index (χ0n) is 13.7. The Hall–Kier alpha value is -3.14. The maximum atomic E-state index is 13.4. The summed E-state index contributed by atoms with van der Waals surface area (Å²) in [4.78, 5) is 31.2. The number of aromatic nitrogens is 3. The summed E-state index contributed by atoms with van der Waals surface area (Å²) in [5.74, 6) is -0.930. The summed E-state index contributed by atoms with van der Waals surface area (Å²) in [6, 6.07) is 3.64. The minimum atomic E-state index is -4.67. The van der Waals surface area contributed by atoms with E-state index in [0.29, 0.717) is 21.4 Å². The lowest BCUT2D eigenvalue weighted by Crippen LogP contribution is -2.23. The summed E-state index contributed by atoms with van der Waals surface area (Å²) in [6.45, 7) is 1.62. The number of benzene rings is 1. The molecule has 0 fully saturated rings. The Balaban J connectivity index is 0.00000225. The number of H-pyrrole nitrogens is 2. The van der Waals surface area contributed by atoms with Gasteiger partial charge in [0.25, 0.3) is 5.91 Å². The van der Waals surface area contributed by atoms with Crippen LogP contribution in [0.15, 0.2) is 35.4 Å². The summed E-state index contributed by atoms with van der Waals surface area (Å²) in [6.07, 6.45) is -1.99. The van der Waals surface area contributed by atoms with Gasteiger partial charge < -0.3 is 15.3 Å². The average Bonchev–Trinajstić information content (AvgIpc) is 3.20. The minimum Gasteiger partial charge on any atom is -0.361 e. The average molecular weight is 394 g/mol. The molecule has 10 heteroatoms. The molecule has 0 radical (unpaired) electrons. The molecule has 1 amide bonds. The smallest absolute Gasteiger partial charge is 0.361 e. The van der Waals surface area contributed by atoms with Gasteiger partial charge in [-0.2, -0.15) is 17.5 Å². The number of rotatable bonds is 2. The zero-order chi connectivity index (χ0) is 19.3. The Labute approximate surface area is 154 Å². The maximum Gasteiger partial charge on any atom is 0.418 e. The van der Waals surface area contributed by atoms with Crippen molar-refractivity contribution in [1.29, 1.82) is 0 Å². The van der Waals surface area contributed by atoms with Crippen LogP contribution in [0.3, 0.4) is 0 Å². The first-order valence-corrected chi connectivity index (χ1v) is 8.50. The summed E-state index contributed by atoms with van der Waals surface area (Å²) in [5, 5.41) is 2.83. The van der Waals surface area contributed by atoms with Crippen molar-refractivity contribution in [2.75, 3.05) is 5.32 Å². The molecule has 140 valence electrons. The molecule has 0 saturated heterocycles. The normalized spacial score (nSPS) is 12.0. The van der Waals surface area contributed by atoms with Gasteiger partial charge in [0, 0.05) is 24.7 Å². The van der Waals surface area contributed by atoms with E-state index in [1.165, 1.54) is 24.5 Å². The molecular formula is C17H13F3N4O2S. The molecular weight excluding hydrogens is 381 g/mol. The van der Waals surface area contributed by atoms with E-state index >= 15 is 0 Å². The van der Waals surface area contributed by atoms with E-state index in [-0.39, 0.29) is 12.4 Å². The van der Waals surface area contributed by atoms with Gasteiger partial charge in [0.2, 0.25) is 5.43 Å². The number of alkyl halides is 3. The number of halogens is 3. The number of aromatic amines is 2. The second-order valence-corrected chi connectivity index (χ2v) is 6.69. The Kier molecular flexibility index (Phi) is 3.81. The third-order valence-electron chi connectivity index (χ3n) is 4.17. The van der Waals surface area contributed by atoms with Crippen molar-refractivity contribution < 1.29 is 19.4 Å². The molecule has 4 rings (SSSR count). The molecule has 0 saturated carbocycles. The second-order valence-electron chi connectivity index (χ2n) is 5.92. The highest BCUT2D eigenvalue weighted by atomic mass is 32.1. The lowest BCUT2D eigenvalue weighted by atomic mass is 10.1. The Morgan fingerprint density at radius 2 is 2.07 bits per heavy atom. The maximum absolute atomic E-state index is 13.4. The van der Waals surface area contributed by atoms with Gasteiger partial charge in [-0.3, -0.25) is 9.59 Å². The van der Waals surface area contributed by atoms with E-state index in [4.69, 9.17) is 0 Å². The number of aryl methyl sites for hydroxylation is 1. The summed E-state index contributed by atoms with van der Waals surface area (Å²) < 4.78 is 44.2. The van der Waals surface area contributed by atoms with E-state index < -0.39 is 28.8 Å². The number of hydrogen-bond donors (Lipinski definition) is 3. The van der Waals surface area contributed by atoms with Gasteiger partial charge >= 0.3 is 6.18 Å². The molecule has 0 atom stereocenters. The molecule has 3 N–H and O–H groups in total. The molecule has 4 aromatic rings. The highest BCUT2D eigenvalue weighted by Crippen LogP contribution is 2.37. The van der Waals surface area contributed by atoms with E-state index in [1.54, 1.807) is 6.92 Å². The number of anilines is 1. The highest BCUT2D eigenvalue weighted by molar-refractivity contribution is 7.12. The number of fused-ring (bicyclic) bond motifs is 2. The fraction of sp³-hybridized carbons (Fsp3) is 0.118. The molecule has 27 heavy (non-hydrogen) atoms. The first-order valence-electron chi connectivity index (χ1n) is 7.73. The molecule has 1 aromatic carbocycles.